The first-order valence-electron chi connectivity index (χ1n) is 4.67. The van der Waals surface area contributed by atoms with Crippen molar-refractivity contribution in [2.24, 2.45) is 5.73 Å². The number of rotatable bonds is 4. The van der Waals surface area contributed by atoms with E-state index in [4.69, 9.17) is 5.73 Å². The van der Waals surface area contributed by atoms with E-state index in [-0.39, 0.29) is 0 Å². The van der Waals surface area contributed by atoms with Gasteiger partial charge in [-0.1, -0.05) is 27.4 Å². The summed E-state index contributed by atoms with van der Waals surface area (Å²) >= 11 is 0. The Balaban J connectivity index is 0. The Morgan fingerprint density at radius 2 is 1.46 bits per heavy atom. The number of amides is 1. The Morgan fingerprint density at radius 1 is 1.23 bits per heavy atom. The van der Waals surface area contributed by atoms with Gasteiger partial charge in [0.1, 0.15) is 0 Å². The van der Waals surface area contributed by atoms with Crippen LogP contribution >= 0.6 is 0 Å². The Labute approximate surface area is 81.6 Å². The van der Waals surface area contributed by atoms with Crippen LogP contribution in [-0.2, 0) is 4.79 Å². The van der Waals surface area contributed by atoms with Crippen LogP contribution in [0.25, 0.3) is 0 Å². The van der Waals surface area contributed by atoms with Gasteiger partial charge in [-0.25, -0.2) is 0 Å². The first-order valence-corrected chi connectivity index (χ1v) is 4.67. The maximum absolute atomic E-state index is 9.82. The monoisotopic (exact) mass is 186 g/mol. The summed E-state index contributed by atoms with van der Waals surface area (Å²) in [6.45, 7) is 15.0. The molecule has 0 unspecified atom stereocenters. The molecule has 0 aliphatic carbocycles. The summed E-state index contributed by atoms with van der Waals surface area (Å²) < 4.78 is 0. The molecular weight excluding hydrogens is 164 g/mol. The van der Waals surface area contributed by atoms with Crippen molar-refractivity contribution in [2.75, 3.05) is 19.6 Å². The van der Waals surface area contributed by atoms with Gasteiger partial charge < -0.3 is 10.6 Å². The van der Waals surface area contributed by atoms with E-state index in [0.717, 1.165) is 0 Å². The molecule has 0 aliphatic heterocycles. The molecule has 0 spiro atoms. The van der Waals surface area contributed by atoms with Crippen LogP contribution in [0.5, 0.6) is 0 Å². The van der Waals surface area contributed by atoms with Gasteiger partial charge in [0.25, 0.3) is 0 Å². The van der Waals surface area contributed by atoms with Crippen molar-refractivity contribution >= 4 is 5.91 Å². The summed E-state index contributed by atoms with van der Waals surface area (Å²) in [5.41, 5.74) is 5.09. The third kappa shape index (κ3) is 11.2. The predicted molar refractivity (Wildman–Crippen MR) is 57.5 cm³/mol. The van der Waals surface area contributed by atoms with Crippen molar-refractivity contribution in [3.05, 3.63) is 12.2 Å². The minimum atomic E-state index is -0.435. The summed E-state index contributed by atoms with van der Waals surface area (Å²) in [5, 5.41) is 0. The molecule has 0 fully saturated rings. The average molecular weight is 186 g/mol. The van der Waals surface area contributed by atoms with Crippen molar-refractivity contribution in [1.82, 2.24) is 4.90 Å². The zero-order valence-corrected chi connectivity index (χ0v) is 9.26. The first kappa shape index (κ1) is 14.7. The molecule has 2 N–H and O–H groups in total. The lowest BCUT2D eigenvalue weighted by Gasteiger charge is -2.13. The van der Waals surface area contributed by atoms with Crippen LogP contribution in [0.15, 0.2) is 12.2 Å². The molecule has 0 heterocycles. The number of carbonyl (C=O) groups excluding carboxylic acids is 1. The zero-order valence-electron chi connectivity index (χ0n) is 9.26. The van der Waals surface area contributed by atoms with Crippen molar-refractivity contribution in [3.63, 3.8) is 0 Å². The molecule has 0 radical (unpaired) electrons. The van der Waals surface area contributed by atoms with Gasteiger partial charge in [0.15, 0.2) is 0 Å². The third-order valence-corrected chi connectivity index (χ3v) is 1.76. The number of carbonyl (C=O) groups is 1. The standard InChI is InChI=1S/C6H15N.C4H7NO/c1-4-7(5-2)6-3;1-3(2)4(5)6/h4-6H2,1-3H3;1H2,2H3,(H2,5,6). The first-order chi connectivity index (χ1) is 5.99. The Hall–Kier alpha value is -0.830. The second kappa shape index (κ2) is 9.26. The van der Waals surface area contributed by atoms with Gasteiger partial charge in [-0.2, -0.15) is 0 Å². The maximum atomic E-state index is 9.82. The number of hydrogen-bond acceptors (Lipinski definition) is 2. The molecule has 0 aromatic carbocycles. The van der Waals surface area contributed by atoms with E-state index in [2.05, 4.69) is 32.3 Å². The Kier molecular flexibility index (Phi) is 10.5. The second-order valence-corrected chi connectivity index (χ2v) is 2.76. The summed E-state index contributed by atoms with van der Waals surface area (Å²) in [6.07, 6.45) is 0. The summed E-state index contributed by atoms with van der Waals surface area (Å²) in [4.78, 5) is 12.2. The molecule has 0 rings (SSSR count). The summed E-state index contributed by atoms with van der Waals surface area (Å²) in [7, 11) is 0. The Bertz CT molecular complexity index is 133. The fraction of sp³-hybridized carbons (Fsp3) is 0.700. The molecular formula is C10H22N2O. The number of primary amides is 1. The lowest BCUT2D eigenvalue weighted by molar-refractivity contribution is -0.114. The van der Waals surface area contributed by atoms with Crippen LogP contribution < -0.4 is 5.73 Å². The van der Waals surface area contributed by atoms with E-state index in [0.29, 0.717) is 5.57 Å². The van der Waals surface area contributed by atoms with Gasteiger partial charge in [-0.15, -0.1) is 0 Å². The van der Waals surface area contributed by atoms with Gasteiger partial charge >= 0.3 is 0 Å². The van der Waals surface area contributed by atoms with Crippen LogP contribution in [0, 0.1) is 0 Å². The van der Waals surface area contributed by atoms with Gasteiger partial charge in [-0.3, -0.25) is 4.79 Å². The number of hydrogen-bond donors (Lipinski definition) is 1. The minimum Gasteiger partial charge on any atom is -0.366 e. The van der Waals surface area contributed by atoms with E-state index >= 15 is 0 Å². The average Bonchev–Trinajstić information content (AvgIpc) is 2.08. The largest absolute Gasteiger partial charge is 0.366 e. The van der Waals surface area contributed by atoms with Crippen molar-refractivity contribution in [2.45, 2.75) is 27.7 Å². The summed E-state index contributed by atoms with van der Waals surface area (Å²) in [5.74, 6) is -0.435. The third-order valence-electron chi connectivity index (χ3n) is 1.76. The van der Waals surface area contributed by atoms with E-state index in [1.165, 1.54) is 19.6 Å². The maximum Gasteiger partial charge on any atom is 0.243 e. The van der Waals surface area contributed by atoms with Crippen LogP contribution in [0.2, 0.25) is 0 Å². The molecule has 0 bridgehead atoms. The van der Waals surface area contributed by atoms with E-state index in [9.17, 15) is 4.79 Å². The summed E-state index contributed by atoms with van der Waals surface area (Å²) in [6, 6.07) is 0. The molecule has 13 heavy (non-hydrogen) atoms. The number of nitrogens with zero attached hydrogens (tertiary/aromatic N) is 1. The van der Waals surface area contributed by atoms with Crippen LogP contribution in [-0.4, -0.2) is 30.4 Å². The molecule has 0 aromatic heterocycles. The van der Waals surface area contributed by atoms with Gasteiger partial charge in [0.05, 0.1) is 0 Å². The second-order valence-electron chi connectivity index (χ2n) is 2.76. The lowest BCUT2D eigenvalue weighted by atomic mass is 10.3. The normalized spacial score (nSPS) is 9.00. The van der Waals surface area contributed by atoms with E-state index < -0.39 is 5.91 Å². The fourth-order valence-electron chi connectivity index (χ4n) is 0.671. The molecule has 0 atom stereocenters. The molecule has 0 aliphatic rings. The molecule has 0 saturated carbocycles. The molecule has 78 valence electrons. The smallest absolute Gasteiger partial charge is 0.243 e. The van der Waals surface area contributed by atoms with Gasteiger partial charge in [0, 0.05) is 5.57 Å². The quantitative estimate of drug-likeness (QED) is 0.674. The van der Waals surface area contributed by atoms with Crippen LogP contribution in [0.1, 0.15) is 27.7 Å². The van der Waals surface area contributed by atoms with E-state index in [1.54, 1.807) is 6.92 Å². The van der Waals surface area contributed by atoms with E-state index in [1.807, 2.05) is 0 Å². The van der Waals surface area contributed by atoms with Crippen LogP contribution in [0.3, 0.4) is 0 Å². The van der Waals surface area contributed by atoms with Gasteiger partial charge in [0.2, 0.25) is 5.91 Å². The molecule has 0 saturated heterocycles. The van der Waals surface area contributed by atoms with Crippen molar-refractivity contribution < 1.29 is 4.79 Å². The minimum absolute atomic E-state index is 0.398. The van der Waals surface area contributed by atoms with Crippen LogP contribution in [0.4, 0.5) is 0 Å². The SMILES string of the molecule is C=C(C)C(N)=O.CCN(CC)CC. The lowest BCUT2D eigenvalue weighted by Crippen LogP contribution is -2.21. The van der Waals surface area contributed by atoms with Crippen molar-refractivity contribution in [3.8, 4) is 0 Å². The van der Waals surface area contributed by atoms with Crippen molar-refractivity contribution in [1.29, 1.82) is 0 Å². The Morgan fingerprint density at radius 3 is 1.46 bits per heavy atom. The highest BCUT2D eigenvalue weighted by atomic mass is 16.1. The molecule has 1 amide bonds. The van der Waals surface area contributed by atoms with Gasteiger partial charge in [-0.05, 0) is 26.6 Å². The highest BCUT2D eigenvalue weighted by Gasteiger charge is 1.89. The highest BCUT2D eigenvalue weighted by molar-refractivity contribution is 5.90. The predicted octanol–water partition coefficient (Wildman–Crippen LogP) is 1.40. The zero-order chi connectivity index (χ0) is 10.9. The molecule has 3 heteroatoms. The fourth-order valence-corrected chi connectivity index (χ4v) is 0.671. The highest BCUT2D eigenvalue weighted by Crippen LogP contribution is 1.81. The number of nitrogens with two attached hydrogens (primary N) is 1. The molecule has 3 nitrogen and oxygen atoms in total. The topological polar surface area (TPSA) is 46.3 Å². The molecule has 0 aromatic rings.